The molecule has 5 nitrogen and oxygen atoms in total. The summed E-state index contributed by atoms with van der Waals surface area (Å²) in [5, 5.41) is 6.58. The van der Waals surface area contributed by atoms with Crippen LogP contribution in [0.15, 0.2) is 0 Å². The molecule has 15 heavy (non-hydrogen) atoms. The van der Waals surface area contributed by atoms with Gasteiger partial charge in [-0.1, -0.05) is 0 Å². The molecule has 0 aliphatic carbocycles. The number of rotatable bonds is 11. The zero-order valence-corrected chi connectivity index (χ0v) is 11.1. The Morgan fingerprint density at radius 2 is 1.60 bits per heavy atom. The van der Waals surface area contributed by atoms with Gasteiger partial charge in [-0.3, -0.25) is 0 Å². The van der Waals surface area contributed by atoms with E-state index in [-0.39, 0.29) is 0 Å². The molecule has 0 fully saturated rings. The topological polar surface area (TPSA) is 68.5 Å². The van der Waals surface area contributed by atoms with E-state index in [4.69, 9.17) is 14.6 Å². The lowest BCUT2D eigenvalue weighted by Crippen LogP contribution is -2.31. The highest BCUT2D eigenvalue weighted by molar-refractivity contribution is 6.44. The third kappa shape index (κ3) is 10.3. The molecule has 0 atom stereocenters. The smallest absolute Gasteiger partial charge is 0.320 e. The van der Waals surface area contributed by atoms with Gasteiger partial charge >= 0.3 is 9.28 Å². The zero-order valence-electron chi connectivity index (χ0n) is 9.92. The first-order chi connectivity index (χ1) is 7.35. The molecule has 0 aromatic carbocycles. The predicted octanol–water partition coefficient (Wildman–Crippen LogP) is -0.972. The minimum absolute atomic E-state index is 0.703. The summed E-state index contributed by atoms with van der Waals surface area (Å²) in [7, 11) is 2.12. The van der Waals surface area contributed by atoms with E-state index in [1.807, 2.05) is 0 Å². The second-order valence-corrected chi connectivity index (χ2v) is 5.71. The standard InChI is InChI=1S/C9H25N3O2Si/c1-13-15(14-2)9-3-5-11-7-8-12-6-4-10/h11-12,15H,3-10H2,1-2H3. The molecule has 0 aliphatic rings. The molecule has 0 bridgehead atoms. The maximum Gasteiger partial charge on any atom is 0.320 e. The van der Waals surface area contributed by atoms with Gasteiger partial charge in [0.2, 0.25) is 0 Å². The summed E-state index contributed by atoms with van der Waals surface area (Å²) in [6.07, 6.45) is 1.12. The highest BCUT2D eigenvalue weighted by atomic mass is 28.3. The molecular weight excluding hydrogens is 210 g/mol. The molecule has 0 aromatic rings. The van der Waals surface area contributed by atoms with Crippen molar-refractivity contribution in [3.8, 4) is 0 Å². The van der Waals surface area contributed by atoms with Crippen LogP contribution < -0.4 is 16.4 Å². The van der Waals surface area contributed by atoms with E-state index in [9.17, 15) is 0 Å². The van der Waals surface area contributed by atoms with Crippen LogP contribution in [-0.2, 0) is 8.85 Å². The van der Waals surface area contributed by atoms with Crippen molar-refractivity contribution < 1.29 is 8.85 Å². The van der Waals surface area contributed by atoms with Crippen LogP contribution in [0.2, 0.25) is 6.04 Å². The van der Waals surface area contributed by atoms with E-state index in [1.165, 1.54) is 0 Å². The summed E-state index contributed by atoms with van der Waals surface area (Å²) in [6.45, 7) is 4.60. The molecule has 0 heterocycles. The van der Waals surface area contributed by atoms with Crippen LogP contribution in [0.25, 0.3) is 0 Å². The van der Waals surface area contributed by atoms with Crippen LogP contribution in [0.4, 0.5) is 0 Å². The lowest BCUT2D eigenvalue weighted by molar-refractivity contribution is 0.276. The van der Waals surface area contributed by atoms with Crippen molar-refractivity contribution in [2.24, 2.45) is 5.73 Å². The molecule has 0 radical (unpaired) electrons. The molecule has 0 aliphatic heterocycles. The zero-order chi connectivity index (χ0) is 11.4. The maximum absolute atomic E-state index is 5.35. The summed E-state index contributed by atoms with van der Waals surface area (Å²) in [6, 6.07) is 1.07. The largest absolute Gasteiger partial charge is 0.400 e. The fourth-order valence-corrected chi connectivity index (χ4v) is 2.46. The van der Waals surface area contributed by atoms with E-state index in [0.717, 1.165) is 38.6 Å². The summed E-state index contributed by atoms with van der Waals surface area (Å²) in [5.74, 6) is 0. The van der Waals surface area contributed by atoms with Crippen LogP contribution in [0, 0.1) is 0 Å². The lowest BCUT2D eigenvalue weighted by atomic mass is 10.4. The summed E-state index contributed by atoms with van der Waals surface area (Å²) in [5.41, 5.74) is 5.35. The fourth-order valence-electron chi connectivity index (χ4n) is 1.25. The van der Waals surface area contributed by atoms with E-state index in [1.54, 1.807) is 14.2 Å². The van der Waals surface area contributed by atoms with Crippen molar-refractivity contribution in [1.82, 2.24) is 10.6 Å². The van der Waals surface area contributed by atoms with Gasteiger partial charge in [-0.05, 0) is 19.0 Å². The van der Waals surface area contributed by atoms with Crippen molar-refractivity contribution in [3.05, 3.63) is 0 Å². The Kier molecular flexibility index (Phi) is 12.1. The summed E-state index contributed by atoms with van der Waals surface area (Å²) < 4.78 is 10.4. The van der Waals surface area contributed by atoms with Crippen LogP contribution >= 0.6 is 0 Å². The fraction of sp³-hybridized carbons (Fsp3) is 1.00. The molecule has 0 rings (SSSR count). The summed E-state index contributed by atoms with van der Waals surface area (Å²) >= 11 is 0. The Balaban J connectivity index is 3.04. The predicted molar refractivity (Wildman–Crippen MR) is 65.4 cm³/mol. The highest BCUT2D eigenvalue weighted by Gasteiger charge is 2.07. The van der Waals surface area contributed by atoms with E-state index >= 15 is 0 Å². The maximum atomic E-state index is 5.35. The average molecular weight is 235 g/mol. The van der Waals surface area contributed by atoms with Gasteiger partial charge in [0.15, 0.2) is 0 Å². The molecule has 0 saturated carbocycles. The normalized spacial score (nSPS) is 11.2. The number of nitrogens with two attached hydrogens (primary N) is 1. The second kappa shape index (κ2) is 12.1. The van der Waals surface area contributed by atoms with Gasteiger partial charge in [-0.25, -0.2) is 0 Å². The molecular formula is C9H25N3O2Si. The highest BCUT2D eigenvalue weighted by Crippen LogP contribution is 1.97. The third-order valence-electron chi connectivity index (χ3n) is 2.12. The van der Waals surface area contributed by atoms with E-state index in [0.29, 0.717) is 6.54 Å². The quantitative estimate of drug-likeness (QED) is 0.317. The van der Waals surface area contributed by atoms with Crippen LogP contribution in [-0.4, -0.2) is 56.2 Å². The Bertz CT molecular complexity index is 126. The third-order valence-corrected chi connectivity index (χ3v) is 4.05. The molecule has 0 spiro atoms. The number of hydrogen-bond donors (Lipinski definition) is 3. The Morgan fingerprint density at radius 1 is 1.00 bits per heavy atom. The molecule has 4 N–H and O–H groups in total. The van der Waals surface area contributed by atoms with Crippen LogP contribution in [0.3, 0.4) is 0 Å². The monoisotopic (exact) mass is 235 g/mol. The van der Waals surface area contributed by atoms with Crippen molar-refractivity contribution in [2.75, 3.05) is 46.9 Å². The van der Waals surface area contributed by atoms with Crippen molar-refractivity contribution in [1.29, 1.82) is 0 Å². The van der Waals surface area contributed by atoms with Crippen molar-refractivity contribution in [3.63, 3.8) is 0 Å². The van der Waals surface area contributed by atoms with Crippen LogP contribution in [0.5, 0.6) is 0 Å². The Hall–Kier alpha value is 0.0169. The van der Waals surface area contributed by atoms with Gasteiger partial charge in [0.05, 0.1) is 0 Å². The lowest BCUT2D eigenvalue weighted by Gasteiger charge is -2.10. The number of nitrogens with one attached hydrogen (secondary N) is 2. The molecule has 0 unspecified atom stereocenters. The second-order valence-electron chi connectivity index (χ2n) is 3.33. The van der Waals surface area contributed by atoms with Crippen molar-refractivity contribution >= 4 is 9.28 Å². The molecule has 0 saturated heterocycles. The number of hydrogen-bond acceptors (Lipinski definition) is 5. The van der Waals surface area contributed by atoms with E-state index in [2.05, 4.69) is 10.6 Å². The van der Waals surface area contributed by atoms with Crippen molar-refractivity contribution in [2.45, 2.75) is 12.5 Å². The molecule has 6 heteroatoms. The summed E-state index contributed by atoms with van der Waals surface area (Å²) in [4.78, 5) is 0. The Morgan fingerprint density at radius 3 is 2.13 bits per heavy atom. The van der Waals surface area contributed by atoms with E-state index < -0.39 is 9.28 Å². The first kappa shape index (κ1) is 15.0. The molecule has 92 valence electrons. The minimum Gasteiger partial charge on any atom is -0.400 e. The SMILES string of the molecule is CO[SiH](CCCNCCNCCN)OC. The van der Waals surface area contributed by atoms with Gasteiger partial charge in [0, 0.05) is 40.4 Å². The van der Waals surface area contributed by atoms with Gasteiger partial charge in [0.25, 0.3) is 0 Å². The van der Waals surface area contributed by atoms with Gasteiger partial charge in [-0.15, -0.1) is 0 Å². The first-order valence-electron chi connectivity index (χ1n) is 5.52. The Labute approximate surface area is 94.5 Å². The van der Waals surface area contributed by atoms with Gasteiger partial charge in [-0.2, -0.15) is 0 Å². The average Bonchev–Trinajstić information content (AvgIpc) is 2.27. The van der Waals surface area contributed by atoms with Gasteiger partial charge in [0.1, 0.15) is 0 Å². The minimum atomic E-state index is -1.33. The first-order valence-corrected chi connectivity index (χ1v) is 7.28. The molecule has 0 aromatic heterocycles. The van der Waals surface area contributed by atoms with Gasteiger partial charge < -0.3 is 25.2 Å². The molecule has 0 amide bonds. The van der Waals surface area contributed by atoms with Crippen LogP contribution in [0.1, 0.15) is 6.42 Å².